The van der Waals surface area contributed by atoms with Crippen molar-refractivity contribution in [1.82, 2.24) is 0 Å². The summed E-state index contributed by atoms with van der Waals surface area (Å²) < 4.78 is 5.16. The Morgan fingerprint density at radius 1 is 0.900 bits per heavy atom. The number of nitrogens with one attached hydrogen (secondary N) is 1. The minimum absolute atomic E-state index is 0.122. The van der Waals surface area contributed by atoms with Gasteiger partial charge in [-0.1, -0.05) is 30.3 Å². The predicted octanol–water partition coefficient (Wildman–Crippen LogP) is 5.22. The van der Waals surface area contributed by atoms with E-state index in [0.29, 0.717) is 17.1 Å². The second kappa shape index (κ2) is 9.47. The van der Waals surface area contributed by atoms with E-state index in [9.17, 15) is 14.7 Å². The Morgan fingerprint density at radius 2 is 1.57 bits per heavy atom. The average molecular weight is 403 g/mol. The van der Waals surface area contributed by atoms with Crippen LogP contribution in [-0.2, 0) is 9.53 Å². The van der Waals surface area contributed by atoms with Crippen LogP contribution in [0, 0.1) is 13.8 Å². The fourth-order valence-electron chi connectivity index (χ4n) is 2.76. The fraction of sp³-hybridized carbons (Fsp3) is 0.130. The number of phenolic OH excluding ortho intramolecular Hbond substituents is 1. The first-order valence-corrected chi connectivity index (χ1v) is 9.27. The van der Waals surface area contributed by atoms with Gasteiger partial charge >= 0.3 is 5.97 Å². The summed E-state index contributed by atoms with van der Waals surface area (Å²) in [7, 11) is 0. The number of esters is 1. The van der Waals surface area contributed by atoms with Crippen LogP contribution in [0.1, 0.15) is 21.5 Å². The molecule has 0 aromatic heterocycles. The minimum atomic E-state index is -0.674. The third kappa shape index (κ3) is 5.29. The molecular formula is C23H21N3O4. The van der Waals surface area contributed by atoms with Crippen molar-refractivity contribution in [2.24, 2.45) is 10.2 Å². The van der Waals surface area contributed by atoms with E-state index in [0.717, 1.165) is 11.1 Å². The van der Waals surface area contributed by atoms with Crippen LogP contribution in [0.3, 0.4) is 0 Å². The summed E-state index contributed by atoms with van der Waals surface area (Å²) in [5.41, 5.74) is 3.58. The number of aryl methyl sites for hydroxylation is 2. The number of para-hydroxylation sites is 1. The number of rotatable bonds is 6. The van der Waals surface area contributed by atoms with Gasteiger partial charge in [-0.3, -0.25) is 4.79 Å². The van der Waals surface area contributed by atoms with Crippen LogP contribution < -0.4 is 5.32 Å². The number of hydrogen-bond acceptors (Lipinski definition) is 6. The molecule has 0 atom stereocenters. The SMILES string of the molecule is Cc1cccc(C)c1NC(=O)COC(=O)c1ccccc1N=Nc1ccc(O)cc1. The smallest absolute Gasteiger partial charge is 0.340 e. The number of carbonyl (C=O) groups is 2. The molecule has 0 aliphatic heterocycles. The Morgan fingerprint density at radius 3 is 2.27 bits per heavy atom. The lowest BCUT2D eigenvalue weighted by Crippen LogP contribution is -2.21. The van der Waals surface area contributed by atoms with Crippen molar-refractivity contribution in [3.63, 3.8) is 0 Å². The summed E-state index contributed by atoms with van der Waals surface area (Å²) in [4.78, 5) is 24.7. The van der Waals surface area contributed by atoms with Gasteiger partial charge in [-0.25, -0.2) is 4.79 Å². The van der Waals surface area contributed by atoms with Gasteiger partial charge in [0.1, 0.15) is 11.4 Å². The highest BCUT2D eigenvalue weighted by molar-refractivity contribution is 5.98. The van der Waals surface area contributed by atoms with Crippen molar-refractivity contribution in [3.05, 3.63) is 83.4 Å². The molecule has 3 rings (SSSR count). The summed E-state index contributed by atoms with van der Waals surface area (Å²) in [6.07, 6.45) is 0. The van der Waals surface area contributed by atoms with Crippen LogP contribution in [0.5, 0.6) is 5.75 Å². The van der Waals surface area contributed by atoms with Gasteiger partial charge in [0.25, 0.3) is 5.91 Å². The highest BCUT2D eigenvalue weighted by atomic mass is 16.5. The van der Waals surface area contributed by atoms with Gasteiger partial charge in [0, 0.05) is 5.69 Å². The molecule has 2 N–H and O–H groups in total. The maximum Gasteiger partial charge on any atom is 0.340 e. The predicted molar refractivity (Wildman–Crippen MR) is 114 cm³/mol. The van der Waals surface area contributed by atoms with Crippen LogP contribution in [0.15, 0.2) is 77.0 Å². The van der Waals surface area contributed by atoms with Gasteiger partial charge in [-0.2, -0.15) is 5.11 Å². The molecule has 0 radical (unpaired) electrons. The molecule has 7 heteroatoms. The number of phenols is 1. The molecule has 7 nitrogen and oxygen atoms in total. The molecular weight excluding hydrogens is 382 g/mol. The molecule has 30 heavy (non-hydrogen) atoms. The van der Waals surface area contributed by atoms with E-state index in [1.807, 2.05) is 32.0 Å². The van der Waals surface area contributed by atoms with Gasteiger partial charge < -0.3 is 15.2 Å². The summed E-state index contributed by atoms with van der Waals surface area (Å²) in [5.74, 6) is -0.979. The number of azo groups is 1. The van der Waals surface area contributed by atoms with Gasteiger partial charge in [0.05, 0.1) is 11.3 Å². The largest absolute Gasteiger partial charge is 0.508 e. The lowest BCUT2D eigenvalue weighted by Gasteiger charge is -2.12. The average Bonchev–Trinajstić information content (AvgIpc) is 2.74. The van der Waals surface area contributed by atoms with Gasteiger partial charge in [-0.15, -0.1) is 5.11 Å². The number of carbonyl (C=O) groups excluding carboxylic acids is 2. The van der Waals surface area contributed by atoms with Gasteiger partial charge in [0.2, 0.25) is 0 Å². The van der Waals surface area contributed by atoms with Crippen LogP contribution in [0.25, 0.3) is 0 Å². The first-order valence-electron chi connectivity index (χ1n) is 9.27. The van der Waals surface area contributed by atoms with Crippen molar-refractivity contribution >= 4 is 28.9 Å². The molecule has 0 saturated heterocycles. The molecule has 0 aliphatic carbocycles. The Hall–Kier alpha value is -4.00. The number of anilines is 1. The Labute approximate surface area is 174 Å². The van der Waals surface area contributed by atoms with Crippen molar-refractivity contribution in [1.29, 1.82) is 0 Å². The summed E-state index contributed by atoms with van der Waals surface area (Å²) in [5, 5.41) is 20.2. The maximum atomic E-state index is 12.5. The van der Waals surface area contributed by atoms with Crippen LogP contribution in [0.4, 0.5) is 17.1 Å². The molecule has 1 amide bonds. The van der Waals surface area contributed by atoms with Gasteiger partial charge in [-0.05, 0) is 61.4 Å². The maximum absolute atomic E-state index is 12.5. The molecule has 0 spiro atoms. The van der Waals surface area contributed by atoms with E-state index in [4.69, 9.17) is 4.74 Å². The van der Waals surface area contributed by atoms with Crippen molar-refractivity contribution in [2.75, 3.05) is 11.9 Å². The first-order chi connectivity index (χ1) is 14.4. The Balaban J connectivity index is 1.66. The number of amides is 1. The molecule has 3 aromatic rings. The van der Waals surface area contributed by atoms with Crippen molar-refractivity contribution in [3.8, 4) is 5.75 Å². The third-order valence-corrected chi connectivity index (χ3v) is 4.33. The molecule has 0 bridgehead atoms. The molecule has 0 heterocycles. The highest BCUT2D eigenvalue weighted by Gasteiger charge is 2.15. The van der Waals surface area contributed by atoms with E-state index in [1.165, 1.54) is 12.1 Å². The lowest BCUT2D eigenvalue weighted by molar-refractivity contribution is -0.119. The fourth-order valence-corrected chi connectivity index (χ4v) is 2.76. The van der Waals surface area contributed by atoms with E-state index in [2.05, 4.69) is 15.5 Å². The second-order valence-electron chi connectivity index (χ2n) is 6.62. The van der Waals surface area contributed by atoms with Crippen molar-refractivity contribution < 1.29 is 19.4 Å². The van der Waals surface area contributed by atoms with Crippen LogP contribution >= 0.6 is 0 Å². The number of benzene rings is 3. The normalized spacial score (nSPS) is 10.7. The minimum Gasteiger partial charge on any atom is -0.508 e. The zero-order chi connectivity index (χ0) is 21.5. The van der Waals surface area contributed by atoms with E-state index in [1.54, 1.807) is 36.4 Å². The van der Waals surface area contributed by atoms with Crippen LogP contribution in [-0.4, -0.2) is 23.6 Å². The number of aromatic hydroxyl groups is 1. The molecule has 0 aliphatic rings. The van der Waals surface area contributed by atoms with Crippen molar-refractivity contribution in [2.45, 2.75) is 13.8 Å². The quantitative estimate of drug-likeness (QED) is 0.435. The van der Waals surface area contributed by atoms with Gasteiger partial charge in [0.15, 0.2) is 6.61 Å². The summed E-state index contributed by atoms with van der Waals surface area (Å²) in [6, 6.07) is 18.4. The second-order valence-corrected chi connectivity index (χ2v) is 6.62. The molecule has 0 saturated carbocycles. The standard InChI is InChI=1S/C23H21N3O4/c1-15-6-5-7-16(2)22(15)24-21(28)14-30-23(29)19-8-3-4-9-20(19)26-25-17-10-12-18(27)13-11-17/h3-13,27H,14H2,1-2H3,(H,24,28). The first kappa shape index (κ1) is 20.7. The number of nitrogens with zero attached hydrogens (tertiary/aromatic N) is 2. The molecule has 0 fully saturated rings. The lowest BCUT2D eigenvalue weighted by atomic mass is 10.1. The third-order valence-electron chi connectivity index (χ3n) is 4.33. The van der Waals surface area contributed by atoms with E-state index < -0.39 is 18.5 Å². The monoisotopic (exact) mass is 403 g/mol. The summed E-state index contributed by atoms with van der Waals surface area (Å²) in [6.45, 7) is 3.37. The van der Waals surface area contributed by atoms with E-state index in [-0.39, 0.29) is 11.3 Å². The number of ether oxygens (including phenoxy) is 1. The molecule has 3 aromatic carbocycles. The zero-order valence-corrected chi connectivity index (χ0v) is 16.6. The Bertz CT molecular complexity index is 1070. The van der Waals surface area contributed by atoms with Crippen LogP contribution in [0.2, 0.25) is 0 Å². The van der Waals surface area contributed by atoms with E-state index >= 15 is 0 Å². The highest BCUT2D eigenvalue weighted by Crippen LogP contribution is 2.24. The Kier molecular flexibility index (Phi) is 6.54. The topological polar surface area (TPSA) is 100 Å². The number of hydrogen-bond donors (Lipinski definition) is 2. The molecule has 0 unspecified atom stereocenters. The summed E-state index contributed by atoms with van der Waals surface area (Å²) >= 11 is 0. The zero-order valence-electron chi connectivity index (χ0n) is 16.6. The molecule has 152 valence electrons.